The molecular weight excluding hydrogens is 214 g/mol. The lowest BCUT2D eigenvalue weighted by Crippen LogP contribution is -2.37. The van der Waals surface area contributed by atoms with E-state index in [9.17, 15) is 4.79 Å². The molecule has 17 heavy (non-hydrogen) atoms. The second-order valence-electron chi connectivity index (χ2n) is 3.58. The van der Waals surface area contributed by atoms with E-state index in [0.717, 1.165) is 5.56 Å². The summed E-state index contributed by atoms with van der Waals surface area (Å²) in [6.45, 7) is 2.75. The largest absolute Gasteiger partial charge is 0.465 e. The van der Waals surface area contributed by atoms with E-state index in [4.69, 9.17) is 11.2 Å². The maximum absolute atomic E-state index is 11.6. The third-order valence-corrected chi connectivity index (χ3v) is 2.29. The molecular formula is C14H17NO2. The van der Waals surface area contributed by atoms with E-state index in [0.29, 0.717) is 19.6 Å². The monoisotopic (exact) mass is 231 g/mol. The lowest BCUT2D eigenvalue weighted by Gasteiger charge is -2.14. The summed E-state index contributed by atoms with van der Waals surface area (Å²) in [5.74, 6) is 2.19. The van der Waals surface area contributed by atoms with Gasteiger partial charge in [0.15, 0.2) is 0 Å². The molecule has 0 aliphatic heterocycles. The van der Waals surface area contributed by atoms with Crippen LogP contribution < -0.4 is 5.32 Å². The van der Waals surface area contributed by atoms with Crippen molar-refractivity contribution < 1.29 is 9.53 Å². The van der Waals surface area contributed by atoms with Gasteiger partial charge >= 0.3 is 5.97 Å². The highest BCUT2D eigenvalue weighted by Crippen LogP contribution is 2.01. The number of hydrogen-bond acceptors (Lipinski definition) is 3. The Morgan fingerprint density at radius 3 is 2.76 bits per heavy atom. The maximum atomic E-state index is 11.6. The summed E-state index contributed by atoms with van der Waals surface area (Å²) in [6.07, 6.45) is 5.57. The third kappa shape index (κ3) is 4.71. The van der Waals surface area contributed by atoms with Crippen molar-refractivity contribution in [2.24, 2.45) is 0 Å². The van der Waals surface area contributed by atoms with Crippen LogP contribution in [0.1, 0.15) is 18.9 Å². The zero-order valence-electron chi connectivity index (χ0n) is 9.98. The summed E-state index contributed by atoms with van der Waals surface area (Å²) in [5, 5.41) is 3.10. The molecule has 0 heterocycles. The number of terminal acetylenes is 1. The topological polar surface area (TPSA) is 38.3 Å². The minimum atomic E-state index is -0.430. The van der Waals surface area contributed by atoms with Gasteiger partial charge in [0.1, 0.15) is 6.04 Å². The number of esters is 1. The Bertz CT molecular complexity index is 381. The first-order valence-corrected chi connectivity index (χ1v) is 5.65. The molecule has 1 N–H and O–H groups in total. The van der Waals surface area contributed by atoms with Gasteiger partial charge in [-0.1, -0.05) is 30.3 Å². The Kier molecular flexibility index (Phi) is 5.84. The predicted molar refractivity (Wildman–Crippen MR) is 67.2 cm³/mol. The van der Waals surface area contributed by atoms with Crippen LogP contribution in [-0.2, 0) is 16.1 Å². The standard InChI is InChI=1S/C14H17NO2/c1-3-8-13(14(16)17-4-2)15-11-12-9-6-5-7-10-12/h1,5-7,9-10,13,15H,4,8,11H2,2H3. The molecule has 1 aromatic rings. The second kappa shape index (κ2) is 7.48. The summed E-state index contributed by atoms with van der Waals surface area (Å²) in [4.78, 5) is 11.6. The SMILES string of the molecule is C#CCC(NCc1ccccc1)C(=O)OCC. The summed E-state index contributed by atoms with van der Waals surface area (Å²) in [5.41, 5.74) is 1.11. The highest BCUT2D eigenvalue weighted by atomic mass is 16.5. The van der Waals surface area contributed by atoms with Gasteiger partial charge in [0.2, 0.25) is 0 Å². The first kappa shape index (κ1) is 13.3. The molecule has 0 saturated heterocycles. The van der Waals surface area contributed by atoms with Crippen LogP contribution in [0.15, 0.2) is 30.3 Å². The number of ether oxygens (including phenoxy) is 1. The van der Waals surface area contributed by atoms with Crippen LogP contribution in [0.2, 0.25) is 0 Å². The molecule has 1 aromatic carbocycles. The molecule has 0 fully saturated rings. The van der Waals surface area contributed by atoms with E-state index in [1.54, 1.807) is 6.92 Å². The van der Waals surface area contributed by atoms with E-state index >= 15 is 0 Å². The molecule has 0 aromatic heterocycles. The molecule has 1 atom stereocenters. The number of rotatable bonds is 6. The molecule has 0 spiro atoms. The van der Waals surface area contributed by atoms with Gasteiger partial charge in [-0.25, -0.2) is 0 Å². The Hall–Kier alpha value is -1.79. The van der Waals surface area contributed by atoms with Crippen molar-refractivity contribution >= 4 is 5.97 Å². The van der Waals surface area contributed by atoms with Gasteiger partial charge in [-0.05, 0) is 12.5 Å². The molecule has 90 valence electrons. The van der Waals surface area contributed by atoms with Crippen molar-refractivity contribution in [3.63, 3.8) is 0 Å². The lowest BCUT2D eigenvalue weighted by molar-refractivity contribution is -0.145. The number of carbonyl (C=O) groups excluding carboxylic acids is 1. The Morgan fingerprint density at radius 1 is 1.47 bits per heavy atom. The van der Waals surface area contributed by atoms with Crippen LogP contribution in [0, 0.1) is 12.3 Å². The van der Waals surface area contributed by atoms with E-state index in [2.05, 4.69) is 11.2 Å². The average molecular weight is 231 g/mol. The molecule has 0 bridgehead atoms. The predicted octanol–water partition coefficient (Wildman–Crippen LogP) is 1.73. The fourth-order valence-corrected chi connectivity index (χ4v) is 1.44. The van der Waals surface area contributed by atoms with Crippen LogP contribution in [-0.4, -0.2) is 18.6 Å². The van der Waals surface area contributed by atoms with Gasteiger partial charge in [-0.15, -0.1) is 12.3 Å². The molecule has 0 aliphatic carbocycles. The fourth-order valence-electron chi connectivity index (χ4n) is 1.44. The summed E-state index contributed by atoms with van der Waals surface area (Å²) >= 11 is 0. The summed E-state index contributed by atoms with van der Waals surface area (Å²) < 4.78 is 4.95. The fraction of sp³-hybridized carbons (Fsp3) is 0.357. The molecule has 0 saturated carbocycles. The normalized spacial score (nSPS) is 11.5. The van der Waals surface area contributed by atoms with Crippen molar-refractivity contribution in [2.75, 3.05) is 6.61 Å². The zero-order valence-corrected chi connectivity index (χ0v) is 9.98. The highest BCUT2D eigenvalue weighted by Gasteiger charge is 2.17. The molecule has 3 nitrogen and oxygen atoms in total. The van der Waals surface area contributed by atoms with Gasteiger partial charge in [0.25, 0.3) is 0 Å². The molecule has 1 unspecified atom stereocenters. The van der Waals surface area contributed by atoms with Crippen LogP contribution in [0.3, 0.4) is 0 Å². The minimum Gasteiger partial charge on any atom is -0.465 e. The first-order chi connectivity index (χ1) is 8.27. The number of carbonyl (C=O) groups is 1. The molecule has 0 amide bonds. The number of benzene rings is 1. The number of nitrogens with one attached hydrogen (secondary N) is 1. The Balaban J connectivity index is 2.50. The maximum Gasteiger partial charge on any atom is 0.324 e. The van der Waals surface area contributed by atoms with E-state index in [1.165, 1.54) is 0 Å². The molecule has 0 radical (unpaired) electrons. The van der Waals surface area contributed by atoms with Crippen LogP contribution in [0.5, 0.6) is 0 Å². The number of hydrogen-bond donors (Lipinski definition) is 1. The highest BCUT2D eigenvalue weighted by molar-refractivity contribution is 5.76. The second-order valence-corrected chi connectivity index (χ2v) is 3.58. The van der Waals surface area contributed by atoms with Crippen LogP contribution >= 0.6 is 0 Å². The van der Waals surface area contributed by atoms with E-state index in [1.807, 2.05) is 30.3 Å². The first-order valence-electron chi connectivity index (χ1n) is 5.65. The quantitative estimate of drug-likeness (QED) is 0.598. The zero-order chi connectivity index (χ0) is 12.5. The van der Waals surface area contributed by atoms with Gasteiger partial charge in [-0.2, -0.15) is 0 Å². The van der Waals surface area contributed by atoms with Gasteiger partial charge in [0.05, 0.1) is 6.61 Å². The summed E-state index contributed by atoms with van der Waals surface area (Å²) in [6, 6.07) is 9.42. The van der Waals surface area contributed by atoms with Crippen molar-refractivity contribution in [3.05, 3.63) is 35.9 Å². The van der Waals surface area contributed by atoms with Gasteiger partial charge in [-0.3, -0.25) is 10.1 Å². The average Bonchev–Trinajstić information content (AvgIpc) is 2.36. The molecule has 3 heteroatoms. The van der Waals surface area contributed by atoms with Crippen molar-refractivity contribution in [2.45, 2.75) is 25.9 Å². The van der Waals surface area contributed by atoms with Gasteiger partial charge in [0, 0.05) is 13.0 Å². The Labute approximate surface area is 102 Å². The van der Waals surface area contributed by atoms with Crippen molar-refractivity contribution in [1.82, 2.24) is 5.32 Å². The summed E-state index contributed by atoms with van der Waals surface area (Å²) in [7, 11) is 0. The molecule has 0 aliphatic rings. The van der Waals surface area contributed by atoms with Crippen molar-refractivity contribution in [1.29, 1.82) is 0 Å². The van der Waals surface area contributed by atoms with Crippen LogP contribution in [0.4, 0.5) is 0 Å². The van der Waals surface area contributed by atoms with Crippen LogP contribution in [0.25, 0.3) is 0 Å². The lowest BCUT2D eigenvalue weighted by atomic mass is 10.2. The van der Waals surface area contributed by atoms with Gasteiger partial charge < -0.3 is 4.74 Å². The van der Waals surface area contributed by atoms with Crippen molar-refractivity contribution in [3.8, 4) is 12.3 Å². The smallest absolute Gasteiger partial charge is 0.324 e. The third-order valence-electron chi connectivity index (χ3n) is 2.29. The molecule has 1 rings (SSSR count). The minimum absolute atomic E-state index is 0.290. The van der Waals surface area contributed by atoms with E-state index < -0.39 is 6.04 Å². The Morgan fingerprint density at radius 2 is 2.18 bits per heavy atom. The van der Waals surface area contributed by atoms with E-state index in [-0.39, 0.29) is 5.97 Å².